The molecular formula is C16H26N4O3. The van der Waals surface area contributed by atoms with Crippen LogP contribution >= 0.6 is 0 Å². The molecule has 2 amide bonds. The Morgan fingerprint density at radius 2 is 2.39 bits per heavy atom. The highest BCUT2D eigenvalue weighted by Gasteiger charge is 2.21. The predicted octanol–water partition coefficient (Wildman–Crippen LogP) is 1.57. The van der Waals surface area contributed by atoms with Gasteiger partial charge in [0.25, 0.3) is 0 Å². The first kappa shape index (κ1) is 17.5. The largest absolute Gasteiger partial charge is 0.480 e. The third-order valence-electron chi connectivity index (χ3n) is 3.55. The van der Waals surface area contributed by atoms with E-state index in [9.17, 15) is 4.79 Å². The third-order valence-corrected chi connectivity index (χ3v) is 3.55. The van der Waals surface area contributed by atoms with E-state index < -0.39 is 0 Å². The number of carbonyl (C=O) groups is 1. The second kappa shape index (κ2) is 8.69. The highest BCUT2D eigenvalue weighted by atomic mass is 16.5. The Hall–Kier alpha value is -1.86. The van der Waals surface area contributed by atoms with E-state index in [2.05, 4.69) is 34.4 Å². The van der Waals surface area contributed by atoms with Gasteiger partial charge in [0, 0.05) is 32.4 Å². The van der Waals surface area contributed by atoms with Gasteiger partial charge in [0.2, 0.25) is 5.88 Å². The van der Waals surface area contributed by atoms with E-state index in [4.69, 9.17) is 9.47 Å². The average Bonchev–Trinajstić information content (AvgIpc) is 2.53. The van der Waals surface area contributed by atoms with Crippen LogP contribution in [0.2, 0.25) is 0 Å². The van der Waals surface area contributed by atoms with Crippen LogP contribution in [0.3, 0.4) is 0 Å². The Morgan fingerprint density at radius 1 is 1.57 bits per heavy atom. The smallest absolute Gasteiger partial charge is 0.319 e. The molecule has 128 valence electrons. The van der Waals surface area contributed by atoms with Crippen molar-refractivity contribution in [2.75, 3.05) is 45.2 Å². The molecule has 7 nitrogen and oxygen atoms in total. The molecule has 1 saturated heterocycles. The van der Waals surface area contributed by atoms with Gasteiger partial charge < -0.3 is 20.1 Å². The molecule has 23 heavy (non-hydrogen) atoms. The molecule has 2 rings (SSSR count). The van der Waals surface area contributed by atoms with Crippen molar-refractivity contribution in [3.8, 4) is 5.88 Å². The van der Waals surface area contributed by atoms with Crippen LogP contribution in [0.15, 0.2) is 18.3 Å². The quantitative estimate of drug-likeness (QED) is 0.831. The van der Waals surface area contributed by atoms with Crippen molar-refractivity contribution in [3.63, 3.8) is 0 Å². The first-order chi connectivity index (χ1) is 11.1. The van der Waals surface area contributed by atoms with Gasteiger partial charge in [-0.3, -0.25) is 4.90 Å². The monoisotopic (exact) mass is 322 g/mol. The average molecular weight is 322 g/mol. The maximum atomic E-state index is 12.0. The van der Waals surface area contributed by atoms with Crippen molar-refractivity contribution in [2.24, 2.45) is 5.92 Å². The van der Waals surface area contributed by atoms with Crippen LogP contribution in [0.4, 0.5) is 10.5 Å². The van der Waals surface area contributed by atoms with E-state index in [0.29, 0.717) is 30.6 Å². The van der Waals surface area contributed by atoms with E-state index in [-0.39, 0.29) is 12.1 Å². The van der Waals surface area contributed by atoms with E-state index >= 15 is 0 Å². The summed E-state index contributed by atoms with van der Waals surface area (Å²) in [7, 11) is 1.52. The van der Waals surface area contributed by atoms with E-state index in [1.54, 1.807) is 18.3 Å². The molecule has 1 aliphatic heterocycles. The van der Waals surface area contributed by atoms with Gasteiger partial charge in [-0.2, -0.15) is 0 Å². The molecule has 0 bridgehead atoms. The number of urea groups is 1. The van der Waals surface area contributed by atoms with Crippen molar-refractivity contribution in [1.82, 2.24) is 15.2 Å². The van der Waals surface area contributed by atoms with Gasteiger partial charge >= 0.3 is 6.03 Å². The molecule has 1 aliphatic rings. The van der Waals surface area contributed by atoms with Crippen molar-refractivity contribution < 1.29 is 14.3 Å². The molecule has 2 N–H and O–H groups in total. The first-order valence-corrected chi connectivity index (χ1v) is 7.96. The molecule has 1 atom stereocenters. The molecular weight excluding hydrogens is 296 g/mol. The minimum Gasteiger partial charge on any atom is -0.480 e. The molecule has 0 aliphatic carbocycles. The fourth-order valence-corrected chi connectivity index (χ4v) is 2.61. The SMILES string of the molecule is COc1ncccc1NC(=O)NC[C@H]1CN(CC(C)C)CCO1. The minimum atomic E-state index is -0.291. The number of carbonyl (C=O) groups excluding carboxylic acids is 1. The van der Waals surface area contributed by atoms with E-state index in [1.807, 2.05) is 0 Å². The number of aromatic nitrogens is 1. The highest BCUT2D eigenvalue weighted by Crippen LogP contribution is 2.19. The van der Waals surface area contributed by atoms with Gasteiger partial charge in [-0.05, 0) is 18.1 Å². The van der Waals surface area contributed by atoms with Crippen LogP contribution in [-0.2, 0) is 4.74 Å². The van der Waals surface area contributed by atoms with Crippen LogP contribution in [-0.4, -0.2) is 61.9 Å². The van der Waals surface area contributed by atoms with Gasteiger partial charge in [0.1, 0.15) is 5.69 Å². The predicted molar refractivity (Wildman–Crippen MR) is 88.8 cm³/mol. The lowest BCUT2D eigenvalue weighted by molar-refractivity contribution is -0.0288. The van der Waals surface area contributed by atoms with Crippen molar-refractivity contribution in [2.45, 2.75) is 20.0 Å². The van der Waals surface area contributed by atoms with Crippen LogP contribution in [0.25, 0.3) is 0 Å². The summed E-state index contributed by atoms with van der Waals surface area (Å²) in [5, 5.41) is 5.58. The minimum absolute atomic E-state index is 0.0176. The van der Waals surface area contributed by atoms with Gasteiger partial charge in [-0.25, -0.2) is 9.78 Å². The maximum Gasteiger partial charge on any atom is 0.319 e. The van der Waals surface area contributed by atoms with Gasteiger partial charge in [0.15, 0.2) is 0 Å². The van der Waals surface area contributed by atoms with Crippen LogP contribution < -0.4 is 15.4 Å². The molecule has 0 spiro atoms. The molecule has 2 heterocycles. The van der Waals surface area contributed by atoms with Crippen LogP contribution in [0.5, 0.6) is 5.88 Å². The molecule has 7 heteroatoms. The molecule has 0 radical (unpaired) electrons. The zero-order valence-electron chi connectivity index (χ0n) is 14.0. The van der Waals surface area contributed by atoms with Crippen molar-refractivity contribution >= 4 is 11.7 Å². The summed E-state index contributed by atoms with van der Waals surface area (Å²) in [5.41, 5.74) is 0.540. The van der Waals surface area contributed by atoms with Crippen LogP contribution in [0.1, 0.15) is 13.8 Å². The summed E-state index contributed by atoms with van der Waals surface area (Å²) in [6.45, 7) is 8.44. The number of methoxy groups -OCH3 is 1. The molecule has 0 saturated carbocycles. The lowest BCUT2D eigenvalue weighted by Gasteiger charge is -2.33. The number of anilines is 1. The molecule has 1 aromatic heterocycles. The number of rotatable bonds is 6. The standard InChI is InChI=1S/C16H26N4O3/c1-12(2)10-20-7-8-23-13(11-20)9-18-16(21)19-14-5-4-6-17-15(14)22-3/h4-6,12-13H,7-11H2,1-3H3,(H2,18,19,21)/t13-/m0/s1. The third kappa shape index (κ3) is 5.69. The van der Waals surface area contributed by atoms with Gasteiger partial charge in [0.05, 0.1) is 19.8 Å². The van der Waals surface area contributed by atoms with E-state index in [0.717, 1.165) is 19.6 Å². The topological polar surface area (TPSA) is 75.7 Å². The Bertz CT molecular complexity index is 510. The zero-order chi connectivity index (χ0) is 16.7. The molecule has 0 aromatic carbocycles. The van der Waals surface area contributed by atoms with Gasteiger partial charge in [-0.1, -0.05) is 13.8 Å². The summed E-state index contributed by atoms with van der Waals surface area (Å²) in [4.78, 5) is 18.4. The lowest BCUT2D eigenvalue weighted by Crippen LogP contribution is -2.48. The Morgan fingerprint density at radius 3 is 3.13 bits per heavy atom. The zero-order valence-corrected chi connectivity index (χ0v) is 14.0. The molecule has 1 fully saturated rings. The summed E-state index contributed by atoms with van der Waals surface area (Å²) < 4.78 is 10.8. The number of nitrogens with one attached hydrogen (secondary N) is 2. The fraction of sp³-hybridized carbons (Fsp3) is 0.625. The summed E-state index contributed by atoms with van der Waals surface area (Å²) >= 11 is 0. The van der Waals surface area contributed by atoms with E-state index in [1.165, 1.54) is 7.11 Å². The van der Waals surface area contributed by atoms with Gasteiger partial charge in [-0.15, -0.1) is 0 Å². The summed E-state index contributed by atoms with van der Waals surface area (Å²) in [6, 6.07) is 3.19. The lowest BCUT2D eigenvalue weighted by atomic mass is 10.2. The summed E-state index contributed by atoms with van der Waals surface area (Å²) in [6.07, 6.45) is 1.63. The number of amides is 2. The number of hydrogen-bond acceptors (Lipinski definition) is 5. The summed E-state index contributed by atoms with van der Waals surface area (Å²) in [5.74, 6) is 1.02. The fourth-order valence-electron chi connectivity index (χ4n) is 2.61. The molecule has 0 unspecified atom stereocenters. The Balaban J connectivity index is 1.77. The Kier molecular flexibility index (Phi) is 6.61. The maximum absolute atomic E-state index is 12.0. The van der Waals surface area contributed by atoms with Crippen molar-refractivity contribution in [3.05, 3.63) is 18.3 Å². The normalized spacial score (nSPS) is 18.7. The highest BCUT2D eigenvalue weighted by molar-refractivity contribution is 5.90. The second-order valence-electron chi connectivity index (χ2n) is 6.04. The number of hydrogen-bond donors (Lipinski definition) is 2. The van der Waals surface area contributed by atoms with Crippen LogP contribution in [0, 0.1) is 5.92 Å². The number of morpholine rings is 1. The number of ether oxygens (including phenoxy) is 2. The number of nitrogens with zero attached hydrogens (tertiary/aromatic N) is 2. The number of pyridine rings is 1. The molecule has 1 aromatic rings. The Labute approximate surface area is 137 Å². The first-order valence-electron chi connectivity index (χ1n) is 7.96. The second-order valence-corrected chi connectivity index (χ2v) is 6.04. The van der Waals surface area contributed by atoms with Crippen molar-refractivity contribution in [1.29, 1.82) is 0 Å².